The van der Waals surface area contributed by atoms with Gasteiger partial charge in [-0.2, -0.15) is 0 Å². The third-order valence-corrected chi connectivity index (χ3v) is 3.12. The van der Waals surface area contributed by atoms with Crippen LogP contribution in [0.4, 0.5) is 5.82 Å². The van der Waals surface area contributed by atoms with Crippen molar-refractivity contribution in [2.75, 3.05) is 31.7 Å². The molecule has 2 rings (SSSR count). The molecule has 0 amide bonds. The van der Waals surface area contributed by atoms with Gasteiger partial charge in [0.15, 0.2) is 0 Å². The summed E-state index contributed by atoms with van der Waals surface area (Å²) >= 11 is 0. The molecule has 1 fully saturated rings. The van der Waals surface area contributed by atoms with Gasteiger partial charge in [0.1, 0.15) is 5.82 Å². The Morgan fingerprint density at radius 1 is 1.35 bits per heavy atom. The summed E-state index contributed by atoms with van der Waals surface area (Å²) in [6.07, 6.45) is 0. The van der Waals surface area contributed by atoms with Crippen LogP contribution in [-0.4, -0.2) is 47.4 Å². The molecule has 1 aromatic rings. The summed E-state index contributed by atoms with van der Waals surface area (Å²) in [7, 11) is 0. The number of aromatic nitrogens is 1. The first-order valence-corrected chi connectivity index (χ1v) is 6.71. The Morgan fingerprint density at radius 3 is 2.55 bits per heavy atom. The predicted molar refractivity (Wildman–Crippen MR) is 75.9 cm³/mol. The van der Waals surface area contributed by atoms with E-state index in [0.717, 1.165) is 18.8 Å². The van der Waals surface area contributed by atoms with Gasteiger partial charge in [-0.15, -0.1) is 0 Å². The highest BCUT2D eigenvalue weighted by molar-refractivity contribution is 5.88. The smallest absolute Gasteiger partial charge is 0.335 e. The number of nitrogens with one attached hydrogen (secondary N) is 1. The van der Waals surface area contributed by atoms with Crippen molar-refractivity contribution in [1.82, 2.24) is 9.99 Å². The lowest BCUT2D eigenvalue weighted by Crippen LogP contribution is -2.40. The third-order valence-electron chi connectivity index (χ3n) is 3.12. The lowest BCUT2D eigenvalue weighted by atomic mass is 9.91. The maximum Gasteiger partial charge on any atom is 0.335 e. The summed E-state index contributed by atoms with van der Waals surface area (Å²) in [6, 6.07) is 3.19. The van der Waals surface area contributed by atoms with Gasteiger partial charge >= 0.3 is 5.97 Å². The second-order valence-corrected chi connectivity index (χ2v) is 5.89. The van der Waals surface area contributed by atoms with Crippen molar-refractivity contribution in [2.24, 2.45) is 0 Å². The molecule has 0 radical (unpaired) electrons. The topological polar surface area (TPSA) is 74.7 Å². The summed E-state index contributed by atoms with van der Waals surface area (Å²) < 4.78 is 5.28. The van der Waals surface area contributed by atoms with E-state index < -0.39 is 5.97 Å². The molecule has 1 aliphatic heterocycles. The number of aromatic carboxylic acids is 1. The number of nitrogens with zero attached hydrogens (tertiary/aromatic N) is 2. The summed E-state index contributed by atoms with van der Waals surface area (Å²) in [5.74, 6) is -0.375. The number of morpholine rings is 1. The van der Waals surface area contributed by atoms with Crippen molar-refractivity contribution in [2.45, 2.75) is 26.2 Å². The molecule has 6 nitrogen and oxygen atoms in total. The van der Waals surface area contributed by atoms with E-state index in [1.165, 1.54) is 0 Å². The molecule has 0 aromatic carbocycles. The van der Waals surface area contributed by atoms with Crippen LogP contribution in [0.25, 0.3) is 0 Å². The van der Waals surface area contributed by atoms with Crippen molar-refractivity contribution < 1.29 is 14.6 Å². The van der Waals surface area contributed by atoms with Crippen LogP contribution in [0, 0.1) is 0 Å². The van der Waals surface area contributed by atoms with E-state index >= 15 is 0 Å². The fourth-order valence-electron chi connectivity index (χ4n) is 1.93. The summed E-state index contributed by atoms with van der Waals surface area (Å²) in [6.45, 7) is 8.88. The molecule has 110 valence electrons. The number of ether oxygens (including phenoxy) is 1. The van der Waals surface area contributed by atoms with Crippen LogP contribution in [0.2, 0.25) is 0 Å². The van der Waals surface area contributed by atoms with Crippen LogP contribution in [-0.2, 0) is 10.2 Å². The maximum absolute atomic E-state index is 11.2. The summed E-state index contributed by atoms with van der Waals surface area (Å²) in [4.78, 5) is 15.8. The second kappa shape index (κ2) is 5.76. The number of carboxylic acid groups (broad SMARTS) is 1. The van der Waals surface area contributed by atoms with E-state index in [-0.39, 0.29) is 11.0 Å². The normalized spacial score (nSPS) is 16.9. The Labute approximate surface area is 118 Å². The Morgan fingerprint density at radius 2 is 2.00 bits per heavy atom. The number of carboxylic acids is 1. The number of hydrazine groups is 1. The van der Waals surface area contributed by atoms with Gasteiger partial charge in [0.2, 0.25) is 0 Å². The zero-order valence-corrected chi connectivity index (χ0v) is 12.1. The first kappa shape index (κ1) is 14.7. The minimum atomic E-state index is -0.942. The largest absolute Gasteiger partial charge is 0.478 e. The van der Waals surface area contributed by atoms with Crippen LogP contribution in [0.5, 0.6) is 0 Å². The SMILES string of the molecule is CC(C)(C)c1cc(C(=O)O)cc(NN2CCOCC2)n1. The minimum absolute atomic E-state index is 0.201. The summed E-state index contributed by atoms with van der Waals surface area (Å²) in [5.41, 5.74) is 3.97. The zero-order chi connectivity index (χ0) is 14.8. The number of carbonyl (C=O) groups is 1. The molecule has 1 saturated heterocycles. The standard InChI is InChI=1S/C14H21N3O3/c1-14(2,3)11-8-10(13(18)19)9-12(15-11)16-17-4-6-20-7-5-17/h8-9H,4-7H2,1-3H3,(H,15,16)(H,18,19). The molecule has 0 spiro atoms. The van der Waals surface area contributed by atoms with Gasteiger partial charge in [0.05, 0.1) is 18.8 Å². The van der Waals surface area contributed by atoms with E-state index in [2.05, 4.69) is 10.4 Å². The predicted octanol–water partition coefficient (Wildman–Crippen LogP) is 1.74. The maximum atomic E-state index is 11.2. The van der Waals surface area contributed by atoms with E-state index in [9.17, 15) is 9.90 Å². The molecule has 0 aliphatic carbocycles. The first-order valence-electron chi connectivity index (χ1n) is 6.71. The quantitative estimate of drug-likeness (QED) is 0.878. The van der Waals surface area contributed by atoms with Crippen LogP contribution in [0.3, 0.4) is 0 Å². The van der Waals surface area contributed by atoms with Crippen LogP contribution in [0.15, 0.2) is 12.1 Å². The molecule has 0 saturated carbocycles. The molecule has 6 heteroatoms. The van der Waals surface area contributed by atoms with Crippen LogP contribution < -0.4 is 5.43 Å². The molecule has 0 unspecified atom stereocenters. The Balaban J connectivity index is 2.26. The van der Waals surface area contributed by atoms with Gasteiger partial charge in [-0.25, -0.2) is 14.8 Å². The Bertz CT molecular complexity index is 491. The van der Waals surface area contributed by atoms with Gasteiger partial charge in [0, 0.05) is 24.2 Å². The molecule has 1 aliphatic rings. The van der Waals surface area contributed by atoms with Gasteiger partial charge in [0.25, 0.3) is 0 Å². The molecular weight excluding hydrogens is 258 g/mol. The number of hydrogen-bond donors (Lipinski definition) is 2. The van der Waals surface area contributed by atoms with Gasteiger partial charge in [-0.1, -0.05) is 20.8 Å². The van der Waals surface area contributed by atoms with E-state index in [0.29, 0.717) is 19.0 Å². The second-order valence-electron chi connectivity index (χ2n) is 5.89. The number of rotatable bonds is 3. The molecule has 1 aromatic heterocycles. The fourth-order valence-corrected chi connectivity index (χ4v) is 1.93. The number of anilines is 1. The summed E-state index contributed by atoms with van der Waals surface area (Å²) in [5, 5.41) is 11.2. The van der Waals surface area contributed by atoms with Crippen LogP contribution in [0.1, 0.15) is 36.8 Å². The van der Waals surface area contributed by atoms with Crippen LogP contribution >= 0.6 is 0 Å². The average molecular weight is 279 g/mol. The van der Waals surface area contributed by atoms with Gasteiger partial charge in [-0.3, -0.25) is 0 Å². The van der Waals surface area contributed by atoms with Crippen molar-refractivity contribution in [3.63, 3.8) is 0 Å². The molecule has 2 N–H and O–H groups in total. The molecule has 20 heavy (non-hydrogen) atoms. The zero-order valence-electron chi connectivity index (χ0n) is 12.1. The fraction of sp³-hybridized carbons (Fsp3) is 0.571. The highest BCUT2D eigenvalue weighted by Crippen LogP contribution is 2.23. The first-order chi connectivity index (χ1) is 9.36. The highest BCUT2D eigenvalue weighted by Gasteiger charge is 2.20. The van der Waals surface area contributed by atoms with Crippen molar-refractivity contribution >= 4 is 11.8 Å². The van der Waals surface area contributed by atoms with Crippen molar-refractivity contribution in [3.05, 3.63) is 23.4 Å². The molecular formula is C14H21N3O3. The highest BCUT2D eigenvalue weighted by atomic mass is 16.5. The lowest BCUT2D eigenvalue weighted by Gasteiger charge is -2.28. The lowest BCUT2D eigenvalue weighted by molar-refractivity contribution is 0.0494. The number of hydrogen-bond acceptors (Lipinski definition) is 5. The third kappa shape index (κ3) is 3.68. The Kier molecular flexibility index (Phi) is 4.25. The molecule has 0 atom stereocenters. The molecule has 0 bridgehead atoms. The average Bonchev–Trinajstić information content (AvgIpc) is 2.38. The van der Waals surface area contributed by atoms with E-state index in [1.807, 2.05) is 25.8 Å². The minimum Gasteiger partial charge on any atom is -0.478 e. The Hall–Kier alpha value is -1.66. The van der Waals surface area contributed by atoms with Gasteiger partial charge in [-0.05, 0) is 12.1 Å². The van der Waals surface area contributed by atoms with Crippen molar-refractivity contribution in [3.8, 4) is 0 Å². The number of pyridine rings is 1. The van der Waals surface area contributed by atoms with E-state index in [4.69, 9.17) is 4.74 Å². The van der Waals surface area contributed by atoms with Crippen molar-refractivity contribution in [1.29, 1.82) is 0 Å². The van der Waals surface area contributed by atoms with Gasteiger partial charge < -0.3 is 15.3 Å². The monoisotopic (exact) mass is 279 g/mol. The van der Waals surface area contributed by atoms with E-state index in [1.54, 1.807) is 12.1 Å². The molecule has 2 heterocycles.